The number of furan rings is 1. The molecule has 0 saturated carbocycles. The first-order valence-corrected chi connectivity index (χ1v) is 12.2. The molecule has 5 rings (SSSR count). The van der Waals surface area contributed by atoms with Crippen molar-refractivity contribution in [3.8, 4) is 16.9 Å². The number of benzene rings is 3. The summed E-state index contributed by atoms with van der Waals surface area (Å²) in [4.78, 5) is 15.4. The lowest BCUT2D eigenvalue weighted by Crippen LogP contribution is -2.28. The SMILES string of the molecule is COc1ccc(/C=C2\S/C(=N/N=C\c3ccc(-c4ccccc4)cc3)N(Cc3ccco3)C2=O)cc1. The second kappa shape index (κ2) is 10.9. The Labute approximate surface area is 213 Å². The second-order valence-electron chi connectivity index (χ2n) is 7.97. The normalized spacial score (nSPS) is 15.9. The molecule has 3 aromatic carbocycles. The minimum Gasteiger partial charge on any atom is -0.497 e. The van der Waals surface area contributed by atoms with Gasteiger partial charge in [0.1, 0.15) is 11.5 Å². The molecule has 6 nitrogen and oxygen atoms in total. The van der Waals surface area contributed by atoms with Crippen molar-refractivity contribution in [2.45, 2.75) is 6.54 Å². The molecule has 1 saturated heterocycles. The van der Waals surface area contributed by atoms with Crippen LogP contribution in [0.15, 0.2) is 117 Å². The zero-order valence-corrected chi connectivity index (χ0v) is 20.4. The quantitative estimate of drug-likeness (QED) is 0.168. The maximum atomic E-state index is 13.2. The van der Waals surface area contributed by atoms with Crippen molar-refractivity contribution in [3.05, 3.63) is 119 Å². The number of hydrogen-bond donors (Lipinski definition) is 0. The highest BCUT2D eigenvalue weighted by atomic mass is 32.2. The highest BCUT2D eigenvalue weighted by Gasteiger charge is 2.34. The summed E-state index contributed by atoms with van der Waals surface area (Å²) in [6.07, 6.45) is 5.12. The predicted molar refractivity (Wildman–Crippen MR) is 145 cm³/mol. The number of carbonyl (C=O) groups is 1. The Morgan fingerprint density at radius 1 is 0.889 bits per heavy atom. The Balaban J connectivity index is 1.36. The van der Waals surface area contributed by atoms with Gasteiger partial charge in [-0.3, -0.25) is 9.69 Å². The van der Waals surface area contributed by atoms with Gasteiger partial charge in [-0.1, -0.05) is 66.7 Å². The second-order valence-corrected chi connectivity index (χ2v) is 8.98. The van der Waals surface area contributed by atoms with Crippen molar-refractivity contribution in [2.75, 3.05) is 7.11 Å². The Morgan fingerprint density at radius 2 is 1.61 bits per heavy atom. The number of methoxy groups -OCH3 is 1. The fourth-order valence-corrected chi connectivity index (χ4v) is 4.60. The van der Waals surface area contributed by atoms with E-state index >= 15 is 0 Å². The van der Waals surface area contributed by atoms with Crippen molar-refractivity contribution in [2.24, 2.45) is 10.2 Å². The number of hydrogen-bond acceptors (Lipinski definition) is 6. The van der Waals surface area contributed by atoms with Crippen molar-refractivity contribution < 1.29 is 13.9 Å². The molecule has 0 atom stereocenters. The zero-order valence-electron chi connectivity index (χ0n) is 19.6. The molecule has 1 aliphatic rings. The Hall–Kier alpha value is -4.36. The van der Waals surface area contributed by atoms with Crippen LogP contribution in [-0.2, 0) is 11.3 Å². The standard InChI is InChI=1S/C29H23N3O3S/c1-34-25-15-11-21(12-16-25)18-27-28(33)32(20-26-8-5-17-35-26)29(36-27)31-30-19-22-9-13-24(14-10-22)23-6-3-2-4-7-23/h2-19H,20H2,1H3/b27-18-,30-19-,31-29+. The Bertz CT molecular complexity index is 1410. The van der Waals surface area contributed by atoms with Crippen LogP contribution in [0.5, 0.6) is 5.75 Å². The molecule has 1 fully saturated rings. The summed E-state index contributed by atoms with van der Waals surface area (Å²) in [5, 5.41) is 9.15. The van der Waals surface area contributed by atoms with Crippen LogP contribution in [0.25, 0.3) is 17.2 Å². The average molecular weight is 494 g/mol. The van der Waals surface area contributed by atoms with E-state index in [2.05, 4.69) is 34.5 Å². The van der Waals surface area contributed by atoms with Crippen LogP contribution in [0.4, 0.5) is 0 Å². The number of amides is 1. The van der Waals surface area contributed by atoms with Gasteiger partial charge in [-0.25, -0.2) is 0 Å². The van der Waals surface area contributed by atoms with E-state index < -0.39 is 0 Å². The molecule has 7 heteroatoms. The van der Waals surface area contributed by atoms with E-state index in [4.69, 9.17) is 9.15 Å². The largest absolute Gasteiger partial charge is 0.497 e. The van der Waals surface area contributed by atoms with Crippen LogP contribution in [0.3, 0.4) is 0 Å². The van der Waals surface area contributed by atoms with Crippen LogP contribution in [0.2, 0.25) is 0 Å². The molecule has 0 spiro atoms. The van der Waals surface area contributed by atoms with Crippen LogP contribution in [0.1, 0.15) is 16.9 Å². The summed E-state index contributed by atoms with van der Waals surface area (Å²) in [6.45, 7) is 0.277. The van der Waals surface area contributed by atoms with Crippen molar-refractivity contribution in [1.29, 1.82) is 0 Å². The topological polar surface area (TPSA) is 67.4 Å². The summed E-state index contributed by atoms with van der Waals surface area (Å²) in [7, 11) is 1.62. The predicted octanol–water partition coefficient (Wildman–Crippen LogP) is 6.46. The van der Waals surface area contributed by atoms with Gasteiger partial charge in [0.05, 0.1) is 31.0 Å². The van der Waals surface area contributed by atoms with Gasteiger partial charge in [-0.05, 0) is 64.4 Å². The van der Waals surface area contributed by atoms with Gasteiger partial charge in [0.15, 0.2) is 5.17 Å². The molecular weight excluding hydrogens is 470 g/mol. The first kappa shape index (κ1) is 23.4. The first-order valence-electron chi connectivity index (χ1n) is 11.3. The van der Waals surface area contributed by atoms with Crippen LogP contribution >= 0.6 is 11.8 Å². The molecule has 1 aromatic heterocycles. The number of carbonyl (C=O) groups excluding carboxylic acids is 1. The fourth-order valence-electron chi connectivity index (χ4n) is 3.67. The average Bonchev–Trinajstić information content (AvgIpc) is 3.54. The molecule has 0 aliphatic carbocycles. The van der Waals surface area contributed by atoms with Gasteiger partial charge in [0, 0.05) is 0 Å². The summed E-state index contributed by atoms with van der Waals surface area (Å²) < 4.78 is 10.7. The van der Waals surface area contributed by atoms with Crippen molar-refractivity contribution in [3.63, 3.8) is 0 Å². The lowest BCUT2D eigenvalue weighted by atomic mass is 10.0. The van der Waals surface area contributed by atoms with Crippen LogP contribution < -0.4 is 4.74 Å². The summed E-state index contributed by atoms with van der Waals surface area (Å²) in [5.41, 5.74) is 4.11. The van der Waals surface area contributed by atoms with Gasteiger partial charge in [0.25, 0.3) is 5.91 Å². The molecule has 36 heavy (non-hydrogen) atoms. The van der Waals surface area contributed by atoms with Gasteiger partial charge in [-0.2, -0.15) is 5.10 Å². The van der Waals surface area contributed by atoms with Crippen molar-refractivity contribution in [1.82, 2.24) is 4.90 Å². The molecule has 0 radical (unpaired) electrons. The monoisotopic (exact) mass is 493 g/mol. The third-order valence-corrected chi connectivity index (χ3v) is 6.56. The molecule has 2 heterocycles. The molecule has 1 amide bonds. The summed E-state index contributed by atoms with van der Waals surface area (Å²) in [6, 6.07) is 29.5. The molecule has 1 aliphatic heterocycles. The van der Waals surface area contributed by atoms with E-state index in [1.807, 2.05) is 66.7 Å². The molecule has 0 unspecified atom stereocenters. The molecule has 0 N–H and O–H groups in total. The van der Waals surface area contributed by atoms with Gasteiger partial charge in [0.2, 0.25) is 0 Å². The molecule has 4 aromatic rings. The Kier molecular flexibility index (Phi) is 7.10. The van der Waals surface area contributed by atoms with Gasteiger partial charge in [-0.15, -0.1) is 5.10 Å². The van der Waals surface area contributed by atoms with Gasteiger partial charge < -0.3 is 9.15 Å². The first-order chi connectivity index (χ1) is 17.7. The Morgan fingerprint density at radius 3 is 2.31 bits per heavy atom. The lowest BCUT2D eigenvalue weighted by molar-refractivity contribution is -0.122. The van der Waals surface area contributed by atoms with E-state index in [-0.39, 0.29) is 12.5 Å². The van der Waals surface area contributed by atoms with E-state index in [1.165, 1.54) is 11.8 Å². The smallest absolute Gasteiger partial charge is 0.267 e. The molecule has 0 bridgehead atoms. The summed E-state index contributed by atoms with van der Waals surface area (Å²) in [5.74, 6) is 1.28. The number of amidine groups is 1. The fraction of sp³-hybridized carbons (Fsp3) is 0.0690. The van der Waals surface area contributed by atoms with E-state index in [0.29, 0.717) is 15.8 Å². The number of nitrogens with zero attached hydrogens (tertiary/aromatic N) is 3. The highest BCUT2D eigenvalue weighted by molar-refractivity contribution is 8.18. The van der Waals surface area contributed by atoms with E-state index in [0.717, 1.165) is 28.0 Å². The number of ether oxygens (including phenoxy) is 1. The zero-order chi connectivity index (χ0) is 24.7. The number of rotatable bonds is 7. The third-order valence-electron chi connectivity index (χ3n) is 5.56. The van der Waals surface area contributed by atoms with Crippen molar-refractivity contribution >= 4 is 35.1 Å². The number of thioether (sulfide) groups is 1. The summed E-state index contributed by atoms with van der Waals surface area (Å²) >= 11 is 1.29. The van der Waals surface area contributed by atoms with E-state index in [9.17, 15) is 4.79 Å². The molecule has 178 valence electrons. The maximum absolute atomic E-state index is 13.2. The third kappa shape index (κ3) is 5.47. The molecular formula is C29H23N3O3S. The minimum atomic E-state index is -0.145. The van der Waals surface area contributed by atoms with Gasteiger partial charge >= 0.3 is 0 Å². The van der Waals surface area contributed by atoms with Crippen LogP contribution in [0, 0.1) is 0 Å². The van der Waals surface area contributed by atoms with E-state index in [1.54, 1.807) is 30.6 Å². The maximum Gasteiger partial charge on any atom is 0.267 e. The van der Waals surface area contributed by atoms with Crippen LogP contribution in [-0.4, -0.2) is 29.3 Å². The minimum absolute atomic E-state index is 0.145. The highest BCUT2D eigenvalue weighted by Crippen LogP contribution is 2.34. The lowest BCUT2D eigenvalue weighted by Gasteiger charge is -2.12.